The molecule has 0 aliphatic rings. The average Bonchev–Trinajstić information content (AvgIpc) is 2.51. The normalized spacial score (nSPS) is 12.7. The highest BCUT2D eigenvalue weighted by molar-refractivity contribution is 8.76. The molecule has 0 unspecified atom stereocenters. The number of quaternary nitrogens is 2. The topological polar surface area (TPSA) is 0 Å². The second-order valence-corrected chi connectivity index (χ2v) is 12.6. The van der Waals surface area contributed by atoms with Crippen molar-refractivity contribution in [2.24, 2.45) is 0 Å². The number of hydrogen-bond acceptors (Lipinski definition) is 2. The van der Waals surface area contributed by atoms with E-state index >= 15 is 0 Å². The molecule has 158 valence electrons. The van der Waals surface area contributed by atoms with Crippen LogP contribution >= 0.6 is 21.6 Å². The highest BCUT2D eigenvalue weighted by Gasteiger charge is 2.05. The summed E-state index contributed by atoms with van der Waals surface area (Å²) >= 11 is 0. The van der Waals surface area contributed by atoms with Crippen LogP contribution in [0.5, 0.6) is 0 Å². The van der Waals surface area contributed by atoms with E-state index in [0.717, 1.165) is 8.97 Å². The van der Waals surface area contributed by atoms with Gasteiger partial charge in [-0.25, -0.2) is 0 Å². The zero-order valence-electron chi connectivity index (χ0n) is 19.0. The molecule has 0 rings (SSSR count). The van der Waals surface area contributed by atoms with Gasteiger partial charge in [-0.15, -0.1) is 0 Å². The van der Waals surface area contributed by atoms with E-state index in [1.807, 2.05) is 0 Å². The molecule has 0 fully saturated rings. The molecule has 0 atom stereocenters. The lowest BCUT2D eigenvalue weighted by Gasteiger charge is -2.23. The van der Waals surface area contributed by atoms with E-state index in [0.29, 0.717) is 0 Å². The van der Waals surface area contributed by atoms with Crippen molar-refractivity contribution >= 4 is 21.6 Å². The van der Waals surface area contributed by atoms with Gasteiger partial charge >= 0.3 is 0 Å². The standard InChI is InChI=1S/C22H50N2S2/c1-23(2,3)19-15-11-7-9-13-17-21-25-26-22-18-14-10-8-12-16-20-24(4,5)6/h7-22H2,1-6H3/q+2. The molecule has 0 bridgehead atoms. The van der Waals surface area contributed by atoms with Crippen LogP contribution in [0.3, 0.4) is 0 Å². The Morgan fingerprint density at radius 1 is 0.385 bits per heavy atom. The Morgan fingerprint density at radius 3 is 0.962 bits per heavy atom. The minimum absolute atomic E-state index is 1.12. The first-order valence-corrected chi connectivity index (χ1v) is 13.5. The smallest absolute Gasteiger partial charge is 0.0780 e. The fourth-order valence-electron chi connectivity index (χ4n) is 3.03. The lowest BCUT2D eigenvalue weighted by molar-refractivity contribution is -0.870. The van der Waals surface area contributed by atoms with Crippen molar-refractivity contribution in [3.05, 3.63) is 0 Å². The SMILES string of the molecule is C[N+](C)(C)CCCCCCCCSSCCCCCCCC[N+](C)(C)C. The largest absolute Gasteiger partial charge is 0.331 e. The fourth-order valence-corrected chi connectivity index (χ4v) is 5.32. The summed E-state index contributed by atoms with van der Waals surface area (Å²) in [5.74, 6) is 2.71. The quantitative estimate of drug-likeness (QED) is 0.137. The highest BCUT2D eigenvalue weighted by Crippen LogP contribution is 2.24. The Hall–Kier alpha value is 0.620. The minimum Gasteiger partial charge on any atom is -0.331 e. The van der Waals surface area contributed by atoms with Gasteiger partial charge in [0, 0.05) is 11.5 Å². The van der Waals surface area contributed by atoms with E-state index in [4.69, 9.17) is 0 Å². The maximum absolute atomic E-state index is 2.29. The summed E-state index contributed by atoms with van der Waals surface area (Å²) in [6, 6.07) is 0. The van der Waals surface area contributed by atoms with Crippen molar-refractivity contribution in [1.29, 1.82) is 0 Å². The lowest BCUT2D eigenvalue weighted by Crippen LogP contribution is -2.35. The van der Waals surface area contributed by atoms with Crippen molar-refractivity contribution in [1.82, 2.24) is 0 Å². The van der Waals surface area contributed by atoms with Crippen molar-refractivity contribution in [3.63, 3.8) is 0 Å². The second kappa shape index (κ2) is 16.6. The van der Waals surface area contributed by atoms with Gasteiger partial charge < -0.3 is 8.97 Å². The summed E-state index contributed by atoms with van der Waals surface area (Å²) in [7, 11) is 18.0. The van der Waals surface area contributed by atoms with Crippen LogP contribution in [0.1, 0.15) is 77.0 Å². The molecular weight excluding hydrogens is 356 g/mol. The third-order valence-corrected chi connectivity index (χ3v) is 7.27. The van der Waals surface area contributed by atoms with E-state index < -0.39 is 0 Å². The first-order valence-electron chi connectivity index (χ1n) is 11.1. The van der Waals surface area contributed by atoms with Gasteiger partial charge in [0.2, 0.25) is 0 Å². The van der Waals surface area contributed by atoms with E-state index in [-0.39, 0.29) is 0 Å². The third-order valence-electron chi connectivity index (χ3n) is 4.70. The van der Waals surface area contributed by atoms with Gasteiger partial charge in [-0.1, -0.05) is 60.1 Å². The Morgan fingerprint density at radius 2 is 0.654 bits per heavy atom. The minimum atomic E-state index is 1.12. The zero-order chi connectivity index (χ0) is 19.7. The first kappa shape index (κ1) is 26.6. The van der Waals surface area contributed by atoms with E-state index in [1.165, 1.54) is 102 Å². The molecule has 0 N–H and O–H groups in total. The number of hydrogen-bond donors (Lipinski definition) is 0. The Balaban J connectivity index is 3.07. The molecule has 0 saturated carbocycles. The summed E-state index contributed by atoms with van der Waals surface area (Å²) in [5, 5.41) is 0. The third kappa shape index (κ3) is 24.6. The summed E-state index contributed by atoms with van der Waals surface area (Å²) < 4.78 is 2.23. The molecule has 0 aliphatic heterocycles. The monoisotopic (exact) mass is 406 g/mol. The van der Waals surface area contributed by atoms with Gasteiger partial charge in [0.05, 0.1) is 55.4 Å². The maximum atomic E-state index is 2.29. The van der Waals surface area contributed by atoms with Crippen LogP contribution in [0, 0.1) is 0 Å². The van der Waals surface area contributed by atoms with Gasteiger partial charge in [0.15, 0.2) is 0 Å². The van der Waals surface area contributed by atoms with Gasteiger partial charge in [0.1, 0.15) is 0 Å². The van der Waals surface area contributed by atoms with E-state index in [9.17, 15) is 0 Å². The fraction of sp³-hybridized carbons (Fsp3) is 1.00. The number of rotatable bonds is 19. The summed E-state index contributed by atoms with van der Waals surface area (Å²) in [4.78, 5) is 0. The predicted octanol–water partition coefficient (Wildman–Crippen LogP) is 6.46. The molecule has 0 aromatic rings. The van der Waals surface area contributed by atoms with Gasteiger partial charge in [-0.05, 0) is 38.5 Å². The van der Waals surface area contributed by atoms with Crippen LogP contribution in [0.15, 0.2) is 0 Å². The van der Waals surface area contributed by atoms with Crippen LogP contribution in [0.2, 0.25) is 0 Å². The molecule has 4 heteroatoms. The maximum Gasteiger partial charge on any atom is 0.0780 e. The molecule has 0 heterocycles. The molecular formula is C22H50N2S2+2. The molecule has 0 aliphatic carbocycles. The average molecular weight is 407 g/mol. The van der Waals surface area contributed by atoms with Crippen molar-refractivity contribution < 1.29 is 8.97 Å². The van der Waals surface area contributed by atoms with Crippen molar-refractivity contribution in [2.45, 2.75) is 77.0 Å². The summed E-state index contributed by atoms with van der Waals surface area (Å²) in [6.45, 7) is 2.64. The lowest BCUT2D eigenvalue weighted by atomic mass is 10.1. The molecule has 2 nitrogen and oxygen atoms in total. The Bertz CT molecular complexity index is 265. The number of unbranched alkanes of at least 4 members (excludes halogenated alkanes) is 10. The highest BCUT2D eigenvalue weighted by atomic mass is 33.1. The summed E-state index contributed by atoms with van der Waals surface area (Å²) in [5.41, 5.74) is 0. The van der Waals surface area contributed by atoms with Crippen LogP contribution in [0.25, 0.3) is 0 Å². The van der Waals surface area contributed by atoms with Gasteiger partial charge in [0.25, 0.3) is 0 Å². The predicted molar refractivity (Wildman–Crippen MR) is 126 cm³/mol. The van der Waals surface area contributed by atoms with Crippen LogP contribution in [0.4, 0.5) is 0 Å². The van der Waals surface area contributed by atoms with Crippen LogP contribution in [-0.2, 0) is 0 Å². The number of nitrogens with zero attached hydrogens (tertiary/aromatic N) is 2. The van der Waals surface area contributed by atoms with Crippen LogP contribution in [-0.4, -0.2) is 75.8 Å². The van der Waals surface area contributed by atoms with Gasteiger partial charge in [-0.3, -0.25) is 0 Å². The molecule has 0 amide bonds. The van der Waals surface area contributed by atoms with E-state index in [2.05, 4.69) is 63.9 Å². The van der Waals surface area contributed by atoms with Crippen molar-refractivity contribution in [3.8, 4) is 0 Å². The Labute approximate surface area is 174 Å². The van der Waals surface area contributed by atoms with E-state index in [1.54, 1.807) is 0 Å². The molecule has 0 saturated heterocycles. The van der Waals surface area contributed by atoms with Crippen LogP contribution < -0.4 is 0 Å². The van der Waals surface area contributed by atoms with Gasteiger partial charge in [-0.2, -0.15) is 0 Å². The molecule has 0 spiro atoms. The molecule has 0 aromatic heterocycles. The van der Waals surface area contributed by atoms with Crippen molar-refractivity contribution in [2.75, 3.05) is 66.9 Å². The zero-order valence-corrected chi connectivity index (χ0v) is 20.7. The Kier molecular flexibility index (Phi) is 17.0. The molecule has 0 aromatic carbocycles. The first-order chi connectivity index (χ1) is 12.2. The molecule has 26 heavy (non-hydrogen) atoms. The summed E-state index contributed by atoms with van der Waals surface area (Å²) in [6.07, 6.45) is 17.1. The second-order valence-electron chi connectivity index (χ2n) is 9.91. The molecule has 0 radical (unpaired) electrons.